The molecule has 0 radical (unpaired) electrons. The first-order valence-electron chi connectivity index (χ1n) is 21.3. The number of allylic oxidation sites excluding steroid dienone is 22. The van der Waals surface area contributed by atoms with Crippen LogP contribution in [0.1, 0.15) is 143 Å². The molecule has 56 heavy (non-hydrogen) atoms. The SMILES string of the molecule is CC\C=C/C=C\C=C/C=C\C=C/CCCCCC(=O)OCC(COC(=O)CCCCCC/C=C\CCCC)OC(=O)CCC\C=C/C=C\C=C/C=C\C=C/CC. The molecule has 0 amide bonds. The predicted octanol–water partition coefficient (Wildman–Crippen LogP) is 13.6. The number of unbranched alkanes of at least 4 members (excludes halogenated alkanes) is 10. The Morgan fingerprint density at radius 2 is 0.732 bits per heavy atom. The highest BCUT2D eigenvalue weighted by molar-refractivity contribution is 5.71. The third-order valence-electron chi connectivity index (χ3n) is 8.13. The Kier molecular flexibility index (Phi) is 39.8. The quantitative estimate of drug-likeness (QED) is 0.0210. The van der Waals surface area contributed by atoms with Gasteiger partial charge in [-0.05, 0) is 70.6 Å². The fraction of sp³-hybridized carbons (Fsp3) is 0.500. The Hall–Kier alpha value is -4.45. The van der Waals surface area contributed by atoms with Gasteiger partial charge in [-0.25, -0.2) is 0 Å². The maximum Gasteiger partial charge on any atom is 0.306 e. The molecule has 0 fully saturated rings. The maximum absolute atomic E-state index is 12.7. The predicted molar refractivity (Wildman–Crippen MR) is 237 cm³/mol. The Morgan fingerprint density at radius 1 is 0.375 bits per heavy atom. The highest BCUT2D eigenvalue weighted by atomic mass is 16.6. The van der Waals surface area contributed by atoms with Gasteiger partial charge in [0.2, 0.25) is 0 Å². The highest BCUT2D eigenvalue weighted by Crippen LogP contribution is 2.10. The molecule has 310 valence electrons. The molecule has 0 aliphatic carbocycles. The third-order valence-corrected chi connectivity index (χ3v) is 8.13. The van der Waals surface area contributed by atoms with Crippen LogP contribution in [0.3, 0.4) is 0 Å². The van der Waals surface area contributed by atoms with Gasteiger partial charge in [0.1, 0.15) is 13.2 Å². The molecule has 1 unspecified atom stereocenters. The summed E-state index contributed by atoms with van der Waals surface area (Å²) in [5.41, 5.74) is 0. The summed E-state index contributed by atoms with van der Waals surface area (Å²) in [4.78, 5) is 37.6. The van der Waals surface area contributed by atoms with E-state index in [9.17, 15) is 14.4 Å². The number of hydrogen-bond acceptors (Lipinski definition) is 6. The van der Waals surface area contributed by atoms with Crippen LogP contribution in [0.15, 0.2) is 134 Å². The summed E-state index contributed by atoms with van der Waals surface area (Å²) < 4.78 is 16.5. The van der Waals surface area contributed by atoms with Crippen LogP contribution in [0, 0.1) is 0 Å². The number of ether oxygens (including phenoxy) is 3. The second kappa shape index (κ2) is 43.3. The summed E-state index contributed by atoms with van der Waals surface area (Å²) in [5.74, 6) is -1.08. The smallest absolute Gasteiger partial charge is 0.306 e. The summed E-state index contributed by atoms with van der Waals surface area (Å²) in [6.45, 7) is 6.14. The highest BCUT2D eigenvalue weighted by Gasteiger charge is 2.19. The van der Waals surface area contributed by atoms with Crippen molar-refractivity contribution in [2.24, 2.45) is 0 Å². The minimum atomic E-state index is -0.839. The lowest BCUT2D eigenvalue weighted by atomic mass is 10.1. The lowest BCUT2D eigenvalue weighted by Crippen LogP contribution is -2.30. The number of hydrogen-bond donors (Lipinski definition) is 0. The van der Waals surface area contributed by atoms with E-state index in [1.807, 2.05) is 103 Å². The molecule has 0 aliphatic heterocycles. The molecule has 0 saturated heterocycles. The Morgan fingerprint density at radius 3 is 1.20 bits per heavy atom. The Labute approximate surface area is 341 Å². The number of carbonyl (C=O) groups excluding carboxylic acids is 3. The van der Waals surface area contributed by atoms with E-state index in [1.165, 1.54) is 12.8 Å². The molecular weight excluding hydrogens is 697 g/mol. The molecule has 0 aromatic rings. The van der Waals surface area contributed by atoms with Gasteiger partial charge in [-0.15, -0.1) is 0 Å². The first-order chi connectivity index (χ1) is 27.5. The molecule has 0 bridgehead atoms. The van der Waals surface area contributed by atoms with E-state index in [4.69, 9.17) is 14.2 Å². The standard InChI is InChI=1S/C50H74O6/c1-4-7-10-13-16-19-22-24-25-27-28-31-34-37-40-43-49(52)55-46-47(45-54-48(51)42-39-36-33-30-21-18-15-12-9-6-3)56-50(53)44-41-38-35-32-29-26-23-20-17-14-11-8-5-2/h7-8,10-11,13-20,22-29,32,35,47H,4-6,9,12,21,30-31,33-34,36-46H2,1-3H3/b10-7-,11-8-,16-13-,17-14-,18-15-,22-19-,23-20-,25-24-,28-27-,29-26-,35-32-. The van der Waals surface area contributed by atoms with Crippen molar-refractivity contribution in [1.82, 2.24) is 0 Å². The first-order valence-corrected chi connectivity index (χ1v) is 21.3. The normalized spacial score (nSPS) is 13.4. The zero-order valence-electron chi connectivity index (χ0n) is 35.1. The number of rotatable bonds is 35. The van der Waals surface area contributed by atoms with Crippen LogP contribution in [-0.2, 0) is 28.6 Å². The van der Waals surface area contributed by atoms with Crippen LogP contribution in [0.2, 0.25) is 0 Å². The van der Waals surface area contributed by atoms with Gasteiger partial charge in [-0.3, -0.25) is 14.4 Å². The molecule has 0 aromatic carbocycles. The lowest BCUT2D eigenvalue weighted by Gasteiger charge is -2.18. The topological polar surface area (TPSA) is 78.9 Å². The fourth-order valence-electron chi connectivity index (χ4n) is 4.94. The largest absolute Gasteiger partial charge is 0.462 e. The molecule has 0 heterocycles. The van der Waals surface area contributed by atoms with Crippen molar-refractivity contribution >= 4 is 17.9 Å². The fourth-order valence-corrected chi connectivity index (χ4v) is 4.94. The summed E-state index contributed by atoms with van der Waals surface area (Å²) >= 11 is 0. The van der Waals surface area contributed by atoms with Crippen LogP contribution in [-0.4, -0.2) is 37.2 Å². The second-order valence-corrected chi connectivity index (χ2v) is 13.4. The van der Waals surface area contributed by atoms with Crippen LogP contribution in [0.5, 0.6) is 0 Å². The van der Waals surface area contributed by atoms with Crippen molar-refractivity contribution in [3.8, 4) is 0 Å². The molecule has 6 heteroatoms. The monoisotopic (exact) mass is 771 g/mol. The molecule has 0 aromatic heterocycles. The second-order valence-electron chi connectivity index (χ2n) is 13.4. The zero-order chi connectivity index (χ0) is 40.8. The first kappa shape index (κ1) is 51.5. The molecule has 0 rings (SSSR count). The average Bonchev–Trinajstić information content (AvgIpc) is 3.19. The van der Waals surface area contributed by atoms with Crippen molar-refractivity contribution in [2.75, 3.05) is 13.2 Å². The molecule has 0 saturated carbocycles. The van der Waals surface area contributed by atoms with E-state index in [0.29, 0.717) is 25.7 Å². The lowest BCUT2D eigenvalue weighted by molar-refractivity contribution is -0.167. The maximum atomic E-state index is 12.7. The van der Waals surface area contributed by atoms with Gasteiger partial charge < -0.3 is 14.2 Å². The molecule has 0 aliphatic rings. The van der Waals surface area contributed by atoms with Crippen molar-refractivity contribution in [2.45, 2.75) is 149 Å². The van der Waals surface area contributed by atoms with Crippen molar-refractivity contribution < 1.29 is 28.6 Å². The van der Waals surface area contributed by atoms with Crippen molar-refractivity contribution in [3.63, 3.8) is 0 Å². The molecule has 0 spiro atoms. The molecular formula is C50H74O6. The van der Waals surface area contributed by atoms with E-state index < -0.39 is 12.1 Å². The van der Waals surface area contributed by atoms with E-state index in [1.54, 1.807) is 0 Å². The summed E-state index contributed by atoms with van der Waals surface area (Å²) in [7, 11) is 0. The average molecular weight is 771 g/mol. The molecule has 6 nitrogen and oxygen atoms in total. The van der Waals surface area contributed by atoms with E-state index in [-0.39, 0.29) is 38.0 Å². The third kappa shape index (κ3) is 40.7. The van der Waals surface area contributed by atoms with Crippen LogP contribution in [0.4, 0.5) is 0 Å². The Balaban J connectivity index is 4.64. The van der Waals surface area contributed by atoms with E-state index in [0.717, 1.165) is 70.6 Å². The van der Waals surface area contributed by atoms with E-state index in [2.05, 4.69) is 51.2 Å². The molecule has 0 N–H and O–H groups in total. The van der Waals surface area contributed by atoms with Crippen LogP contribution >= 0.6 is 0 Å². The van der Waals surface area contributed by atoms with Gasteiger partial charge in [-0.2, -0.15) is 0 Å². The van der Waals surface area contributed by atoms with Gasteiger partial charge in [-0.1, -0.05) is 187 Å². The van der Waals surface area contributed by atoms with Gasteiger partial charge >= 0.3 is 17.9 Å². The number of esters is 3. The van der Waals surface area contributed by atoms with Gasteiger partial charge in [0, 0.05) is 19.3 Å². The van der Waals surface area contributed by atoms with Crippen LogP contribution < -0.4 is 0 Å². The zero-order valence-corrected chi connectivity index (χ0v) is 35.1. The minimum absolute atomic E-state index is 0.133. The Bertz CT molecular complexity index is 1300. The summed E-state index contributed by atoms with van der Waals surface area (Å²) in [6.07, 6.45) is 60.1. The summed E-state index contributed by atoms with van der Waals surface area (Å²) in [6, 6.07) is 0. The van der Waals surface area contributed by atoms with Gasteiger partial charge in [0.15, 0.2) is 6.10 Å². The van der Waals surface area contributed by atoms with Crippen LogP contribution in [0.25, 0.3) is 0 Å². The van der Waals surface area contributed by atoms with Gasteiger partial charge in [0.05, 0.1) is 0 Å². The number of carbonyl (C=O) groups is 3. The van der Waals surface area contributed by atoms with E-state index >= 15 is 0 Å². The minimum Gasteiger partial charge on any atom is -0.462 e. The van der Waals surface area contributed by atoms with Crippen molar-refractivity contribution in [1.29, 1.82) is 0 Å². The molecule has 1 atom stereocenters. The van der Waals surface area contributed by atoms with Crippen molar-refractivity contribution in [3.05, 3.63) is 134 Å². The summed E-state index contributed by atoms with van der Waals surface area (Å²) in [5, 5.41) is 0. The van der Waals surface area contributed by atoms with Gasteiger partial charge in [0.25, 0.3) is 0 Å².